The van der Waals surface area contributed by atoms with Gasteiger partial charge in [0.2, 0.25) is 0 Å². The average Bonchev–Trinajstić information content (AvgIpc) is 2.41. The Morgan fingerprint density at radius 3 is 2.22 bits per heavy atom. The first kappa shape index (κ1) is 17.9. The Bertz CT molecular complexity index is 162. The molecule has 0 radical (unpaired) electrons. The van der Waals surface area contributed by atoms with Crippen molar-refractivity contribution >= 4 is 0 Å². The number of nitrogens with zero attached hydrogens (tertiary/aromatic N) is 1. The summed E-state index contributed by atoms with van der Waals surface area (Å²) < 4.78 is 5.35. The van der Waals surface area contributed by atoms with Gasteiger partial charge in [-0.1, -0.05) is 27.7 Å². The summed E-state index contributed by atoms with van der Waals surface area (Å²) in [5, 5.41) is 0. The monoisotopic (exact) mass is 257 g/mol. The molecule has 2 nitrogen and oxygen atoms in total. The van der Waals surface area contributed by atoms with Crippen LogP contribution in [-0.2, 0) is 4.74 Å². The second-order valence-corrected chi connectivity index (χ2v) is 5.33. The lowest BCUT2D eigenvalue weighted by atomic mass is 9.87. The minimum atomic E-state index is 0.861. The molecule has 0 saturated carbocycles. The van der Waals surface area contributed by atoms with Crippen molar-refractivity contribution in [2.24, 2.45) is 11.8 Å². The van der Waals surface area contributed by atoms with Crippen molar-refractivity contribution in [1.29, 1.82) is 0 Å². The van der Waals surface area contributed by atoms with Gasteiger partial charge in [-0.2, -0.15) is 0 Å². The van der Waals surface area contributed by atoms with Gasteiger partial charge in [-0.3, -0.25) is 0 Å². The zero-order valence-electron chi connectivity index (χ0n) is 13.4. The Kier molecular flexibility index (Phi) is 11.9. The third kappa shape index (κ3) is 8.10. The van der Waals surface area contributed by atoms with Crippen LogP contribution in [0.4, 0.5) is 0 Å². The first-order chi connectivity index (χ1) is 8.74. The van der Waals surface area contributed by atoms with Crippen molar-refractivity contribution < 1.29 is 4.74 Å². The van der Waals surface area contributed by atoms with E-state index < -0.39 is 0 Å². The number of unbranched alkanes of at least 4 members (excludes halogenated alkanes) is 1. The van der Waals surface area contributed by atoms with Gasteiger partial charge in [-0.05, 0) is 64.1 Å². The second kappa shape index (κ2) is 12.0. The van der Waals surface area contributed by atoms with E-state index in [9.17, 15) is 0 Å². The van der Waals surface area contributed by atoms with E-state index >= 15 is 0 Å². The summed E-state index contributed by atoms with van der Waals surface area (Å²) in [6.45, 7) is 16.5. The molecule has 1 aliphatic heterocycles. The zero-order valence-corrected chi connectivity index (χ0v) is 13.4. The van der Waals surface area contributed by atoms with Gasteiger partial charge < -0.3 is 9.64 Å². The number of hydrogen-bond acceptors (Lipinski definition) is 2. The van der Waals surface area contributed by atoms with E-state index in [0.717, 1.165) is 25.0 Å². The highest BCUT2D eigenvalue weighted by atomic mass is 16.5. The lowest BCUT2D eigenvalue weighted by molar-refractivity contribution is 0.128. The molecule has 1 rings (SSSR count). The molecule has 0 unspecified atom stereocenters. The molecule has 0 aromatic heterocycles. The molecule has 18 heavy (non-hydrogen) atoms. The number of likely N-dealkylation sites (tertiary alicyclic amines) is 1. The summed E-state index contributed by atoms with van der Waals surface area (Å²) in [7, 11) is 0. The minimum Gasteiger partial charge on any atom is -0.382 e. The van der Waals surface area contributed by atoms with Gasteiger partial charge in [0.15, 0.2) is 0 Å². The molecule has 1 heterocycles. The molecular weight excluding hydrogens is 222 g/mol. The van der Waals surface area contributed by atoms with Crippen LogP contribution in [0.15, 0.2) is 0 Å². The van der Waals surface area contributed by atoms with Crippen LogP contribution < -0.4 is 0 Å². The lowest BCUT2D eigenvalue weighted by Crippen LogP contribution is -2.35. The maximum absolute atomic E-state index is 5.35. The van der Waals surface area contributed by atoms with Gasteiger partial charge in [0.25, 0.3) is 0 Å². The molecule has 0 amide bonds. The van der Waals surface area contributed by atoms with E-state index in [1.54, 1.807) is 0 Å². The first-order valence-electron chi connectivity index (χ1n) is 8.04. The quantitative estimate of drug-likeness (QED) is 0.634. The van der Waals surface area contributed by atoms with Gasteiger partial charge in [0.1, 0.15) is 0 Å². The maximum Gasteiger partial charge on any atom is 0.0466 e. The largest absolute Gasteiger partial charge is 0.382 e. The normalized spacial score (nSPS) is 17.7. The van der Waals surface area contributed by atoms with E-state index in [2.05, 4.69) is 25.7 Å². The van der Waals surface area contributed by atoms with Crippen molar-refractivity contribution in [3.63, 3.8) is 0 Å². The fourth-order valence-corrected chi connectivity index (χ4v) is 2.53. The molecule has 1 fully saturated rings. The maximum atomic E-state index is 5.35. The van der Waals surface area contributed by atoms with Crippen molar-refractivity contribution in [2.75, 3.05) is 32.8 Å². The number of hydrogen-bond donors (Lipinski definition) is 0. The van der Waals surface area contributed by atoms with Crippen LogP contribution in [0.5, 0.6) is 0 Å². The van der Waals surface area contributed by atoms with Gasteiger partial charge in [-0.15, -0.1) is 0 Å². The number of rotatable bonds is 7. The molecule has 0 aromatic carbocycles. The van der Waals surface area contributed by atoms with E-state index in [4.69, 9.17) is 4.74 Å². The molecule has 0 aromatic rings. The summed E-state index contributed by atoms with van der Waals surface area (Å²) in [5.74, 6) is 1.85. The fourth-order valence-electron chi connectivity index (χ4n) is 2.53. The third-order valence-corrected chi connectivity index (χ3v) is 3.79. The van der Waals surface area contributed by atoms with Crippen LogP contribution in [0.1, 0.15) is 60.3 Å². The second-order valence-electron chi connectivity index (χ2n) is 5.33. The molecule has 0 bridgehead atoms. The lowest BCUT2D eigenvalue weighted by Gasteiger charge is -2.33. The fraction of sp³-hybridized carbons (Fsp3) is 1.00. The summed E-state index contributed by atoms with van der Waals surface area (Å²) >= 11 is 0. The molecule has 110 valence electrons. The average molecular weight is 257 g/mol. The topological polar surface area (TPSA) is 12.5 Å². The molecular formula is C16H35NO. The van der Waals surface area contributed by atoms with Crippen LogP contribution in [-0.4, -0.2) is 37.7 Å². The highest BCUT2D eigenvalue weighted by Crippen LogP contribution is 2.24. The highest BCUT2D eigenvalue weighted by Gasteiger charge is 2.20. The van der Waals surface area contributed by atoms with Gasteiger partial charge in [0.05, 0.1) is 0 Å². The molecule has 0 atom stereocenters. The molecule has 0 aliphatic carbocycles. The van der Waals surface area contributed by atoms with E-state index in [0.29, 0.717) is 0 Å². The van der Waals surface area contributed by atoms with E-state index in [-0.39, 0.29) is 0 Å². The summed E-state index contributed by atoms with van der Waals surface area (Å²) in [6.07, 6.45) is 5.33. The minimum absolute atomic E-state index is 0.861. The van der Waals surface area contributed by atoms with Crippen molar-refractivity contribution in [3.05, 3.63) is 0 Å². The predicted molar refractivity (Wildman–Crippen MR) is 81.1 cm³/mol. The molecule has 1 saturated heterocycles. The number of piperidine rings is 1. The van der Waals surface area contributed by atoms with Gasteiger partial charge in [-0.25, -0.2) is 0 Å². The third-order valence-electron chi connectivity index (χ3n) is 3.79. The number of ether oxygens (including phenoxy) is 1. The first-order valence-corrected chi connectivity index (χ1v) is 8.04. The Morgan fingerprint density at radius 1 is 1.11 bits per heavy atom. The van der Waals surface area contributed by atoms with Crippen LogP contribution in [0.3, 0.4) is 0 Å². The van der Waals surface area contributed by atoms with Crippen molar-refractivity contribution in [1.82, 2.24) is 4.90 Å². The van der Waals surface area contributed by atoms with Gasteiger partial charge in [0, 0.05) is 13.2 Å². The van der Waals surface area contributed by atoms with Crippen LogP contribution in [0, 0.1) is 11.8 Å². The van der Waals surface area contributed by atoms with Crippen molar-refractivity contribution in [2.45, 2.75) is 60.3 Å². The van der Waals surface area contributed by atoms with E-state index in [1.165, 1.54) is 45.3 Å². The highest BCUT2D eigenvalue weighted by molar-refractivity contribution is 4.74. The zero-order chi connectivity index (χ0) is 13.8. The molecule has 1 aliphatic rings. The Morgan fingerprint density at radius 2 is 1.72 bits per heavy atom. The standard InChI is InChI=1S/C14H29NO.C2H6/c1-4-16-12-6-5-9-15-10-7-14(8-11-15)13(2)3;1-2/h13-14H,4-12H2,1-3H3;1-2H3. The smallest absolute Gasteiger partial charge is 0.0466 e. The van der Waals surface area contributed by atoms with Crippen LogP contribution in [0.25, 0.3) is 0 Å². The predicted octanol–water partition coefficient (Wildman–Crippen LogP) is 4.20. The van der Waals surface area contributed by atoms with Crippen LogP contribution in [0.2, 0.25) is 0 Å². The van der Waals surface area contributed by atoms with Crippen LogP contribution >= 0.6 is 0 Å². The molecule has 0 spiro atoms. The molecule has 0 N–H and O–H groups in total. The summed E-state index contributed by atoms with van der Waals surface area (Å²) in [4.78, 5) is 2.63. The SMILES string of the molecule is CC.CCOCCCCN1CCC(C(C)C)CC1. The van der Waals surface area contributed by atoms with Gasteiger partial charge >= 0.3 is 0 Å². The Balaban J connectivity index is 0.00000137. The van der Waals surface area contributed by atoms with Crippen molar-refractivity contribution in [3.8, 4) is 0 Å². The molecule has 2 heteroatoms. The Labute approximate surface area is 115 Å². The summed E-state index contributed by atoms with van der Waals surface area (Å²) in [6, 6.07) is 0. The van der Waals surface area contributed by atoms with E-state index in [1.807, 2.05) is 13.8 Å². The Hall–Kier alpha value is -0.0800. The summed E-state index contributed by atoms with van der Waals surface area (Å²) in [5.41, 5.74) is 0.